The molecule has 3 unspecified atom stereocenters. The predicted octanol–water partition coefficient (Wildman–Crippen LogP) is 2.61. The van der Waals surface area contributed by atoms with E-state index in [-0.39, 0.29) is 18.1 Å². The minimum absolute atomic E-state index is 0.00168. The fourth-order valence-electron chi connectivity index (χ4n) is 2.99. The van der Waals surface area contributed by atoms with Gasteiger partial charge in [0.25, 0.3) is 0 Å². The monoisotopic (exact) mass is 240 g/mol. The van der Waals surface area contributed by atoms with E-state index in [0.29, 0.717) is 17.9 Å². The minimum Gasteiger partial charge on any atom is -0.323 e. The molecule has 3 atom stereocenters. The highest BCUT2D eigenvalue weighted by Crippen LogP contribution is 2.25. The molecule has 1 aliphatic rings. The van der Waals surface area contributed by atoms with Crippen LogP contribution in [0.25, 0.3) is 0 Å². The van der Waals surface area contributed by atoms with Gasteiger partial charge in [-0.05, 0) is 25.7 Å². The Morgan fingerprint density at radius 1 is 1.24 bits per heavy atom. The molecule has 0 radical (unpaired) electrons. The summed E-state index contributed by atoms with van der Waals surface area (Å²) in [5.74, 6) is 1.25. The lowest BCUT2D eigenvalue weighted by Crippen LogP contribution is -2.45. The van der Waals surface area contributed by atoms with Gasteiger partial charge in [0.05, 0.1) is 12.2 Å². The van der Waals surface area contributed by atoms with E-state index in [9.17, 15) is 4.79 Å². The Morgan fingerprint density at radius 3 is 2.12 bits per heavy atom. The molecule has 0 aromatic carbocycles. The maximum atomic E-state index is 12.4. The highest BCUT2D eigenvalue weighted by molar-refractivity contribution is 5.84. The van der Waals surface area contributed by atoms with Gasteiger partial charge in [0, 0.05) is 6.04 Å². The predicted molar refractivity (Wildman–Crippen MR) is 71.6 cm³/mol. The van der Waals surface area contributed by atoms with E-state index in [0.717, 1.165) is 12.8 Å². The molecule has 0 spiro atoms. The third kappa shape index (κ3) is 2.82. The molecule has 1 rings (SSSR count). The lowest BCUT2D eigenvalue weighted by Gasteiger charge is -2.33. The standard InChI is InChI=1S/C14H28N2O/c1-7-12(8-2)10(5)16-11(6)15-13(9(3)4)14(16)17/h9-13,15H,7-8H2,1-6H3. The Bertz CT molecular complexity index is 261. The molecule has 3 heteroatoms. The molecule has 1 saturated heterocycles. The lowest BCUT2D eigenvalue weighted by atomic mass is 9.93. The van der Waals surface area contributed by atoms with Crippen molar-refractivity contribution < 1.29 is 4.79 Å². The van der Waals surface area contributed by atoms with Crippen molar-refractivity contribution in [3.05, 3.63) is 0 Å². The van der Waals surface area contributed by atoms with E-state index in [1.165, 1.54) is 0 Å². The maximum absolute atomic E-state index is 12.4. The molecule has 1 fully saturated rings. The summed E-state index contributed by atoms with van der Waals surface area (Å²) in [5.41, 5.74) is 0. The summed E-state index contributed by atoms with van der Waals surface area (Å²) in [7, 11) is 0. The van der Waals surface area contributed by atoms with E-state index in [1.807, 2.05) is 0 Å². The Kier molecular flexibility index (Phi) is 4.99. The molecular weight excluding hydrogens is 212 g/mol. The normalized spacial score (nSPS) is 27.3. The van der Waals surface area contributed by atoms with Gasteiger partial charge in [-0.3, -0.25) is 10.1 Å². The smallest absolute Gasteiger partial charge is 0.241 e. The third-order valence-electron chi connectivity index (χ3n) is 4.19. The number of amides is 1. The summed E-state index contributed by atoms with van der Waals surface area (Å²) in [4.78, 5) is 14.5. The Labute approximate surface area is 106 Å². The molecule has 1 amide bonds. The third-order valence-corrected chi connectivity index (χ3v) is 4.19. The minimum atomic E-state index is 0.00168. The van der Waals surface area contributed by atoms with Crippen LogP contribution in [0.3, 0.4) is 0 Å². The molecule has 100 valence electrons. The van der Waals surface area contributed by atoms with Crippen molar-refractivity contribution in [2.45, 2.75) is 72.6 Å². The van der Waals surface area contributed by atoms with Gasteiger partial charge in [0.2, 0.25) is 5.91 Å². The van der Waals surface area contributed by atoms with Crippen LogP contribution >= 0.6 is 0 Å². The van der Waals surface area contributed by atoms with Crippen molar-refractivity contribution in [1.29, 1.82) is 0 Å². The summed E-state index contributed by atoms with van der Waals surface area (Å²) in [6.07, 6.45) is 2.45. The lowest BCUT2D eigenvalue weighted by molar-refractivity contribution is -0.133. The zero-order valence-corrected chi connectivity index (χ0v) is 12.2. The fraction of sp³-hybridized carbons (Fsp3) is 0.929. The average Bonchev–Trinajstić information content (AvgIpc) is 2.56. The van der Waals surface area contributed by atoms with Crippen molar-refractivity contribution in [2.75, 3.05) is 0 Å². The summed E-state index contributed by atoms with van der Waals surface area (Å²) in [6.45, 7) is 12.9. The Morgan fingerprint density at radius 2 is 1.76 bits per heavy atom. The number of hydrogen-bond acceptors (Lipinski definition) is 2. The van der Waals surface area contributed by atoms with Crippen molar-refractivity contribution in [3.8, 4) is 0 Å². The van der Waals surface area contributed by atoms with Gasteiger partial charge in [0.15, 0.2) is 0 Å². The highest BCUT2D eigenvalue weighted by Gasteiger charge is 2.41. The van der Waals surface area contributed by atoms with Gasteiger partial charge in [-0.2, -0.15) is 0 Å². The fourth-order valence-corrected chi connectivity index (χ4v) is 2.99. The molecular formula is C14H28N2O. The van der Waals surface area contributed by atoms with Crippen LogP contribution < -0.4 is 5.32 Å². The molecule has 0 bridgehead atoms. The van der Waals surface area contributed by atoms with Crippen LogP contribution in [0.15, 0.2) is 0 Å². The molecule has 1 heterocycles. The van der Waals surface area contributed by atoms with E-state index >= 15 is 0 Å². The molecule has 0 aromatic rings. The first-order valence-electron chi connectivity index (χ1n) is 7.02. The second kappa shape index (κ2) is 5.85. The number of nitrogens with zero attached hydrogens (tertiary/aromatic N) is 1. The molecule has 3 nitrogen and oxygen atoms in total. The summed E-state index contributed by atoms with van der Waals surface area (Å²) in [6, 6.07) is 0.338. The van der Waals surface area contributed by atoms with Crippen LogP contribution in [0, 0.1) is 11.8 Å². The summed E-state index contributed by atoms with van der Waals surface area (Å²) < 4.78 is 0. The zero-order valence-electron chi connectivity index (χ0n) is 12.2. The van der Waals surface area contributed by atoms with E-state index in [4.69, 9.17) is 0 Å². The van der Waals surface area contributed by atoms with E-state index < -0.39 is 0 Å². The number of carbonyl (C=O) groups is 1. The van der Waals surface area contributed by atoms with Crippen LogP contribution in [0.1, 0.15) is 54.4 Å². The first kappa shape index (κ1) is 14.5. The van der Waals surface area contributed by atoms with Crippen LogP contribution in [0.2, 0.25) is 0 Å². The average molecular weight is 240 g/mol. The maximum Gasteiger partial charge on any atom is 0.241 e. The zero-order chi connectivity index (χ0) is 13.2. The Hall–Kier alpha value is -0.570. The van der Waals surface area contributed by atoms with Crippen molar-refractivity contribution in [1.82, 2.24) is 10.2 Å². The number of rotatable bonds is 5. The first-order valence-corrected chi connectivity index (χ1v) is 7.02. The van der Waals surface area contributed by atoms with Gasteiger partial charge in [-0.15, -0.1) is 0 Å². The van der Waals surface area contributed by atoms with Gasteiger partial charge < -0.3 is 4.90 Å². The van der Waals surface area contributed by atoms with E-state index in [2.05, 4.69) is 51.8 Å². The molecule has 0 aromatic heterocycles. The molecule has 0 aliphatic carbocycles. The van der Waals surface area contributed by atoms with Gasteiger partial charge in [-0.1, -0.05) is 40.5 Å². The van der Waals surface area contributed by atoms with Crippen molar-refractivity contribution in [2.24, 2.45) is 11.8 Å². The second-order valence-electron chi connectivity index (χ2n) is 5.63. The molecule has 0 saturated carbocycles. The van der Waals surface area contributed by atoms with Gasteiger partial charge in [-0.25, -0.2) is 0 Å². The Balaban J connectivity index is 2.80. The number of hydrogen-bond donors (Lipinski definition) is 1. The number of nitrogens with one attached hydrogen (secondary N) is 1. The van der Waals surface area contributed by atoms with Crippen LogP contribution in [-0.2, 0) is 4.79 Å². The molecule has 1 aliphatic heterocycles. The molecule has 17 heavy (non-hydrogen) atoms. The van der Waals surface area contributed by atoms with Crippen molar-refractivity contribution in [3.63, 3.8) is 0 Å². The largest absolute Gasteiger partial charge is 0.323 e. The topological polar surface area (TPSA) is 32.3 Å². The van der Waals surface area contributed by atoms with Crippen molar-refractivity contribution >= 4 is 5.91 Å². The summed E-state index contributed by atoms with van der Waals surface area (Å²) >= 11 is 0. The quantitative estimate of drug-likeness (QED) is 0.801. The first-order chi connectivity index (χ1) is 7.93. The van der Waals surface area contributed by atoms with E-state index in [1.54, 1.807) is 0 Å². The van der Waals surface area contributed by atoms with Gasteiger partial charge >= 0.3 is 0 Å². The summed E-state index contributed by atoms with van der Waals surface area (Å²) in [5, 5.41) is 3.41. The number of carbonyl (C=O) groups excluding carboxylic acids is 1. The molecule has 1 N–H and O–H groups in total. The van der Waals surface area contributed by atoms with Crippen LogP contribution in [0.4, 0.5) is 0 Å². The van der Waals surface area contributed by atoms with Gasteiger partial charge in [0.1, 0.15) is 0 Å². The second-order valence-corrected chi connectivity index (χ2v) is 5.63. The SMILES string of the molecule is CCC(CC)C(C)N1C(=O)C(C(C)C)NC1C. The highest BCUT2D eigenvalue weighted by atomic mass is 16.2. The van der Waals surface area contributed by atoms with Crippen LogP contribution in [0.5, 0.6) is 0 Å². The van der Waals surface area contributed by atoms with Crippen LogP contribution in [-0.4, -0.2) is 29.1 Å².